The quantitative estimate of drug-likeness (QED) is 0.837. The maximum absolute atomic E-state index is 12.1. The van der Waals surface area contributed by atoms with Crippen LogP contribution < -0.4 is 4.74 Å². The average molecular weight is 360 g/mol. The van der Waals surface area contributed by atoms with Crippen LogP contribution in [0.4, 0.5) is 0 Å². The van der Waals surface area contributed by atoms with E-state index in [-0.39, 0.29) is 33.3 Å². The van der Waals surface area contributed by atoms with Gasteiger partial charge in [-0.2, -0.15) is 0 Å². The zero-order chi connectivity index (χ0) is 17.0. The van der Waals surface area contributed by atoms with Gasteiger partial charge in [0.05, 0.1) is 21.7 Å². The Hall–Kier alpha value is -1.46. The standard InChI is InChI=1S/C16H19Cl2NO4/c1-2-4-14(20)19-6-3-5-11(19)9-23-15-12(17)7-10(16(21)22)8-13(15)18/h7-8,11H,2-6,9H2,1H3,(H,21,22)/t11-/m0/s1. The molecule has 1 amide bonds. The number of carboxylic acids is 1. The van der Waals surface area contributed by atoms with Crippen molar-refractivity contribution in [3.05, 3.63) is 27.7 Å². The number of carbonyl (C=O) groups excluding carboxylic acids is 1. The zero-order valence-electron chi connectivity index (χ0n) is 12.8. The van der Waals surface area contributed by atoms with E-state index in [4.69, 9.17) is 33.0 Å². The molecule has 1 aliphatic heterocycles. The van der Waals surface area contributed by atoms with Crippen molar-refractivity contribution < 1.29 is 19.4 Å². The van der Waals surface area contributed by atoms with E-state index in [2.05, 4.69) is 0 Å². The lowest BCUT2D eigenvalue weighted by atomic mass is 10.2. The Kier molecular flexibility index (Phi) is 6.13. The van der Waals surface area contributed by atoms with Crippen LogP contribution in [0, 0.1) is 0 Å². The molecule has 5 nitrogen and oxygen atoms in total. The Morgan fingerprint density at radius 1 is 1.35 bits per heavy atom. The first-order valence-electron chi connectivity index (χ1n) is 7.58. The van der Waals surface area contributed by atoms with E-state index >= 15 is 0 Å². The van der Waals surface area contributed by atoms with Gasteiger partial charge in [-0.25, -0.2) is 4.79 Å². The zero-order valence-corrected chi connectivity index (χ0v) is 14.4. The van der Waals surface area contributed by atoms with Crippen LogP contribution in [0.1, 0.15) is 43.0 Å². The number of carbonyl (C=O) groups is 2. The molecule has 0 radical (unpaired) electrons. The van der Waals surface area contributed by atoms with Gasteiger partial charge in [0.25, 0.3) is 0 Å². The minimum atomic E-state index is -1.10. The topological polar surface area (TPSA) is 66.8 Å². The largest absolute Gasteiger partial charge is 0.488 e. The molecule has 0 aromatic heterocycles. The number of benzene rings is 1. The van der Waals surface area contributed by atoms with E-state index in [0.717, 1.165) is 25.8 Å². The monoisotopic (exact) mass is 359 g/mol. The molecule has 0 bridgehead atoms. The van der Waals surface area contributed by atoms with Gasteiger partial charge in [-0.15, -0.1) is 0 Å². The molecule has 1 aromatic rings. The summed E-state index contributed by atoms with van der Waals surface area (Å²) < 4.78 is 5.69. The van der Waals surface area contributed by atoms with Crippen LogP contribution in [0.25, 0.3) is 0 Å². The second kappa shape index (κ2) is 7.88. The number of halogens is 2. The van der Waals surface area contributed by atoms with Crippen molar-refractivity contribution in [2.75, 3.05) is 13.2 Å². The Morgan fingerprint density at radius 2 is 2.00 bits per heavy atom. The fraction of sp³-hybridized carbons (Fsp3) is 0.500. The van der Waals surface area contributed by atoms with Crippen LogP contribution >= 0.6 is 23.2 Å². The van der Waals surface area contributed by atoms with Crippen LogP contribution in [0.2, 0.25) is 10.0 Å². The second-order valence-electron chi connectivity index (χ2n) is 5.52. The second-order valence-corrected chi connectivity index (χ2v) is 6.33. The van der Waals surface area contributed by atoms with Crippen molar-refractivity contribution in [2.45, 2.75) is 38.6 Å². The number of hydrogen-bond acceptors (Lipinski definition) is 3. The SMILES string of the molecule is CCCC(=O)N1CCC[C@H]1COc1c(Cl)cc(C(=O)O)cc1Cl. The minimum absolute atomic E-state index is 0.000309. The summed E-state index contributed by atoms with van der Waals surface area (Å²) in [6, 6.07) is 2.61. The lowest BCUT2D eigenvalue weighted by Crippen LogP contribution is -2.38. The highest BCUT2D eigenvalue weighted by molar-refractivity contribution is 6.37. The normalized spacial score (nSPS) is 17.3. The average Bonchev–Trinajstić information content (AvgIpc) is 2.95. The van der Waals surface area contributed by atoms with Crippen LogP contribution in [0.15, 0.2) is 12.1 Å². The molecule has 126 valence electrons. The third-order valence-electron chi connectivity index (χ3n) is 3.83. The van der Waals surface area contributed by atoms with E-state index in [1.54, 1.807) is 0 Å². The Labute approximate surface area is 145 Å². The van der Waals surface area contributed by atoms with Crippen LogP contribution in [-0.4, -0.2) is 41.1 Å². The number of nitrogens with zero attached hydrogens (tertiary/aromatic N) is 1. The fourth-order valence-corrected chi connectivity index (χ4v) is 3.29. The molecule has 7 heteroatoms. The number of rotatable bonds is 6. The van der Waals surface area contributed by atoms with Crippen LogP contribution in [0.3, 0.4) is 0 Å². The molecular weight excluding hydrogens is 341 g/mol. The number of carboxylic acid groups (broad SMARTS) is 1. The maximum atomic E-state index is 12.1. The van der Waals surface area contributed by atoms with Crippen molar-refractivity contribution in [3.8, 4) is 5.75 Å². The molecule has 1 fully saturated rings. The van der Waals surface area contributed by atoms with Gasteiger partial charge in [0, 0.05) is 13.0 Å². The number of hydrogen-bond donors (Lipinski definition) is 1. The van der Waals surface area contributed by atoms with Gasteiger partial charge in [-0.3, -0.25) is 4.79 Å². The van der Waals surface area contributed by atoms with E-state index in [9.17, 15) is 9.59 Å². The van der Waals surface area contributed by atoms with Gasteiger partial charge in [0.2, 0.25) is 5.91 Å². The molecule has 2 rings (SSSR count). The molecule has 1 saturated heterocycles. The fourth-order valence-electron chi connectivity index (χ4n) is 2.70. The first-order valence-corrected chi connectivity index (χ1v) is 8.34. The molecule has 0 aliphatic carbocycles. The number of ether oxygens (including phenoxy) is 1. The molecule has 0 unspecified atom stereocenters. The summed E-state index contributed by atoms with van der Waals surface area (Å²) in [5.41, 5.74) is 0.00738. The van der Waals surface area contributed by atoms with Gasteiger partial charge in [-0.05, 0) is 31.4 Å². The van der Waals surface area contributed by atoms with E-state index in [0.29, 0.717) is 13.0 Å². The number of amides is 1. The van der Waals surface area contributed by atoms with Gasteiger partial charge in [0.15, 0.2) is 5.75 Å². The Bertz CT molecular complexity index is 583. The first kappa shape index (κ1) is 17.9. The highest BCUT2D eigenvalue weighted by Crippen LogP contribution is 2.35. The van der Waals surface area contributed by atoms with E-state index in [1.807, 2.05) is 11.8 Å². The molecule has 0 spiro atoms. The van der Waals surface area contributed by atoms with Crippen molar-refractivity contribution in [3.63, 3.8) is 0 Å². The lowest BCUT2D eigenvalue weighted by molar-refractivity contribution is -0.132. The van der Waals surface area contributed by atoms with Gasteiger partial charge in [0.1, 0.15) is 6.61 Å². The van der Waals surface area contributed by atoms with Crippen LogP contribution in [0.5, 0.6) is 5.75 Å². The van der Waals surface area contributed by atoms with Crippen molar-refractivity contribution in [1.29, 1.82) is 0 Å². The van der Waals surface area contributed by atoms with E-state index < -0.39 is 5.97 Å². The Morgan fingerprint density at radius 3 is 2.57 bits per heavy atom. The number of aromatic carboxylic acids is 1. The molecule has 1 atom stereocenters. The molecule has 1 aromatic carbocycles. The smallest absolute Gasteiger partial charge is 0.335 e. The van der Waals surface area contributed by atoms with E-state index in [1.165, 1.54) is 12.1 Å². The molecule has 0 saturated carbocycles. The summed E-state index contributed by atoms with van der Waals surface area (Å²) in [6.07, 6.45) is 3.17. The summed E-state index contributed by atoms with van der Waals surface area (Å²) >= 11 is 12.1. The summed E-state index contributed by atoms with van der Waals surface area (Å²) in [4.78, 5) is 24.9. The highest BCUT2D eigenvalue weighted by atomic mass is 35.5. The maximum Gasteiger partial charge on any atom is 0.335 e. The molecular formula is C16H19Cl2NO4. The van der Waals surface area contributed by atoms with Crippen molar-refractivity contribution in [1.82, 2.24) is 4.90 Å². The summed E-state index contributed by atoms with van der Waals surface area (Å²) in [7, 11) is 0. The van der Waals surface area contributed by atoms with Gasteiger partial charge >= 0.3 is 5.97 Å². The lowest BCUT2D eigenvalue weighted by Gasteiger charge is -2.25. The van der Waals surface area contributed by atoms with Gasteiger partial charge in [-0.1, -0.05) is 30.1 Å². The van der Waals surface area contributed by atoms with Gasteiger partial charge < -0.3 is 14.7 Å². The predicted molar refractivity (Wildman–Crippen MR) is 88.6 cm³/mol. The summed E-state index contributed by atoms with van der Waals surface area (Å²) in [6.45, 7) is 3.01. The highest BCUT2D eigenvalue weighted by Gasteiger charge is 2.29. The Balaban J connectivity index is 2.06. The molecule has 1 heterocycles. The van der Waals surface area contributed by atoms with Crippen molar-refractivity contribution in [2.24, 2.45) is 0 Å². The van der Waals surface area contributed by atoms with Crippen LogP contribution in [-0.2, 0) is 4.79 Å². The summed E-state index contributed by atoms with van der Waals surface area (Å²) in [5.74, 6) is -0.711. The predicted octanol–water partition coefficient (Wildman–Crippen LogP) is 3.86. The molecule has 1 N–H and O–H groups in total. The summed E-state index contributed by atoms with van der Waals surface area (Å²) in [5, 5.41) is 9.28. The van der Waals surface area contributed by atoms with Crippen molar-refractivity contribution >= 4 is 35.1 Å². The third-order valence-corrected chi connectivity index (χ3v) is 4.39. The molecule has 23 heavy (non-hydrogen) atoms. The third kappa shape index (κ3) is 4.30. The number of likely N-dealkylation sites (tertiary alicyclic amines) is 1. The molecule has 1 aliphatic rings. The minimum Gasteiger partial charge on any atom is -0.488 e. The first-order chi connectivity index (χ1) is 10.9.